The van der Waals surface area contributed by atoms with Crippen LogP contribution in [0.1, 0.15) is 9.67 Å². The fraction of sp³-hybridized carbons (Fsp3) is 0.143. The Labute approximate surface area is 123 Å². The number of hydrogen-bond acceptors (Lipinski definition) is 4. The van der Waals surface area contributed by atoms with E-state index in [0.717, 1.165) is 23.7 Å². The summed E-state index contributed by atoms with van der Waals surface area (Å²) in [6.45, 7) is 1.96. The molecule has 1 aliphatic heterocycles. The fourth-order valence-electron chi connectivity index (χ4n) is 2.39. The molecule has 4 nitrogen and oxygen atoms in total. The maximum Gasteiger partial charge on any atom is 0.335 e. The van der Waals surface area contributed by atoms with E-state index in [4.69, 9.17) is 0 Å². The van der Waals surface area contributed by atoms with Gasteiger partial charge in [0.25, 0.3) is 5.91 Å². The van der Waals surface area contributed by atoms with Crippen LogP contribution in [0.4, 0.5) is 10.8 Å². The Kier molecular flexibility index (Phi) is 2.71. The molecule has 0 saturated carbocycles. The van der Waals surface area contributed by atoms with Gasteiger partial charge < -0.3 is 5.32 Å². The third-order valence-electron chi connectivity index (χ3n) is 3.32. The molecule has 0 unspecified atom stereocenters. The zero-order valence-corrected chi connectivity index (χ0v) is 12.2. The van der Waals surface area contributed by atoms with Crippen LogP contribution in [0.5, 0.6) is 0 Å². The van der Waals surface area contributed by atoms with Crippen molar-refractivity contribution < 1.29 is 9.36 Å². The number of fused-ring (bicyclic) bond motifs is 3. The molecule has 100 valence electrons. The molecule has 2 aromatic heterocycles. The minimum atomic E-state index is -0.0469. The molecule has 1 amide bonds. The number of benzene rings is 1. The Bertz CT molecular complexity index is 792. The third kappa shape index (κ3) is 1.88. The van der Waals surface area contributed by atoms with Crippen LogP contribution in [-0.2, 0) is 6.54 Å². The van der Waals surface area contributed by atoms with Crippen molar-refractivity contribution in [2.75, 3.05) is 17.2 Å². The van der Waals surface area contributed by atoms with Crippen molar-refractivity contribution in [3.8, 4) is 0 Å². The first-order chi connectivity index (χ1) is 9.81. The van der Waals surface area contributed by atoms with Crippen molar-refractivity contribution in [1.29, 1.82) is 0 Å². The molecular weight excluding hydrogens is 290 g/mol. The topological polar surface area (TPSA) is 45.0 Å². The van der Waals surface area contributed by atoms with Gasteiger partial charge in [0.05, 0.1) is 9.58 Å². The van der Waals surface area contributed by atoms with Crippen LogP contribution >= 0.6 is 22.7 Å². The zero-order chi connectivity index (χ0) is 13.5. The summed E-state index contributed by atoms with van der Waals surface area (Å²) < 4.78 is 3.50. The first-order valence-electron chi connectivity index (χ1n) is 6.36. The number of aromatic nitrogens is 1. The lowest BCUT2D eigenvalue weighted by Gasteiger charge is -2.03. The monoisotopic (exact) mass is 302 g/mol. The van der Waals surface area contributed by atoms with E-state index in [1.807, 2.05) is 29.6 Å². The number of carbonyl (C=O) groups is 1. The Hall–Kier alpha value is -1.92. The third-order valence-corrected chi connectivity index (χ3v) is 5.31. The number of thiazole rings is 1. The maximum atomic E-state index is 12.1. The number of anilines is 2. The molecule has 1 aromatic carbocycles. The lowest BCUT2D eigenvalue weighted by Crippen LogP contribution is -2.28. The smallest absolute Gasteiger partial charge is 0.321 e. The molecule has 0 fully saturated rings. The second-order valence-corrected chi connectivity index (χ2v) is 6.58. The zero-order valence-electron chi connectivity index (χ0n) is 10.6. The summed E-state index contributed by atoms with van der Waals surface area (Å²) in [7, 11) is 0. The SMILES string of the molecule is O=C(Nc1ccc2sc3[n+](c2c1)CCN3)c1cccs1. The van der Waals surface area contributed by atoms with E-state index in [1.165, 1.54) is 26.7 Å². The molecule has 0 spiro atoms. The van der Waals surface area contributed by atoms with Crippen molar-refractivity contribution in [3.05, 3.63) is 40.6 Å². The van der Waals surface area contributed by atoms with Gasteiger partial charge in [-0.05, 0) is 34.9 Å². The number of nitrogens with one attached hydrogen (secondary N) is 2. The Morgan fingerprint density at radius 1 is 1.35 bits per heavy atom. The van der Waals surface area contributed by atoms with E-state index in [-0.39, 0.29) is 5.91 Å². The summed E-state index contributed by atoms with van der Waals surface area (Å²) in [6, 6.07) is 9.79. The quantitative estimate of drug-likeness (QED) is 0.715. The molecule has 1 aliphatic rings. The van der Waals surface area contributed by atoms with Gasteiger partial charge >= 0.3 is 5.13 Å². The molecule has 2 N–H and O–H groups in total. The first kappa shape index (κ1) is 11.9. The van der Waals surface area contributed by atoms with E-state index >= 15 is 0 Å². The van der Waals surface area contributed by atoms with E-state index in [9.17, 15) is 4.79 Å². The van der Waals surface area contributed by atoms with Crippen molar-refractivity contribution >= 4 is 49.6 Å². The van der Waals surface area contributed by atoms with E-state index in [0.29, 0.717) is 0 Å². The van der Waals surface area contributed by atoms with Crippen LogP contribution in [0.3, 0.4) is 0 Å². The highest BCUT2D eigenvalue weighted by Gasteiger charge is 2.23. The van der Waals surface area contributed by atoms with Crippen molar-refractivity contribution in [2.45, 2.75) is 6.54 Å². The molecule has 0 saturated heterocycles. The van der Waals surface area contributed by atoms with E-state index < -0.39 is 0 Å². The van der Waals surface area contributed by atoms with Crippen molar-refractivity contribution in [3.63, 3.8) is 0 Å². The van der Waals surface area contributed by atoms with E-state index in [2.05, 4.69) is 21.3 Å². The predicted molar refractivity (Wildman–Crippen MR) is 82.8 cm³/mol. The molecule has 20 heavy (non-hydrogen) atoms. The molecule has 0 atom stereocenters. The van der Waals surface area contributed by atoms with Crippen molar-refractivity contribution in [1.82, 2.24) is 0 Å². The summed E-state index contributed by atoms with van der Waals surface area (Å²) in [5.74, 6) is -0.0469. The number of amides is 1. The van der Waals surface area contributed by atoms with Crippen LogP contribution in [0, 0.1) is 0 Å². The van der Waals surface area contributed by atoms with Gasteiger partial charge in [0.15, 0.2) is 0 Å². The standard InChI is InChI=1S/C14H11N3OS2/c18-13(12-2-1-7-19-12)16-9-3-4-11-10(8-9)17-6-5-15-14(17)20-11/h1-4,7-8H,5-6H2,(H,16,18)/p+1. The van der Waals surface area contributed by atoms with Gasteiger partial charge in [-0.1, -0.05) is 6.07 Å². The number of nitrogens with zero attached hydrogens (tertiary/aromatic N) is 1. The Morgan fingerprint density at radius 3 is 3.15 bits per heavy atom. The average molecular weight is 302 g/mol. The van der Waals surface area contributed by atoms with E-state index in [1.54, 1.807) is 11.3 Å². The predicted octanol–water partition coefficient (Wildman–Crippen LogP) is 2.93. The highest BCUT2D eigenvalue weighted by molar-refractivity contribution is 7.21. The number of carbonyl (C=O) groups excluding carboxylic acids is 1. The number of hydrogen-bond donors (Lipinski definition) is 2. The molecule has 0 bridgehead atoms. The highest BCUT2D eigenvalue weighted by atomic mass is 32.1. The summed E-state index contributed by atoms with van der Waals surface area (Å²) >= 11 is 3.20. The second kappa shape index (κ2) is 4.57. The molecule has 0 radical (unpaired) electrons. The minimum absolute atomic E-state index is 0.0469. The van der Waals surface area contributed by atoms with Gasteiger partial charge in [0, 0.05) is 11.8 Å². The van der Waals surface area contributed by atoms with Crippen LogP contribution in [0.2, 0.25) is 0 Å². The first-order valence-corrected chi connectivity index (χ1v) is 8.06. The minimum Gasteiger partial charge on any atom is -0.321 e. The average Bonchev–Trinajstić information content (AvgIpc) is 3.15. The van der Waals surface area contributed by atoms with Crippen LogP contribution in [0.25, 0.3) is 10.2 Å². The lowest BCUT2D eigenvalue weighted by atomic mass is 10.3. The largest absolute Gasteiger partial charge is 0.335 e. The second-order valence-electron chi connectivity index (χ2n) is 4.60. The summed E-state index contributed by atoms with van der Waals surface area (Å²) in [6.07, 6.45) is 0. The van der Waals surface area contributed by atoms with Gasteiger partial charge in [-0.15, -0.1) is 11.3 Å². The van der Waals surface area contributed by atoms with Gasteiger partial charge in [-0.25, -0.2) is 4.57 Å². The van der Waals surface area contributed by atoms with Gasteiger partial charge in [-0.2, -0.15) is 0 Å². The molecule has 6 heteroatoms. The molecule has 3 heterocycles. The number of thiophene rings is 1. The number of rotatable bonds is 2. The fourth-order valence-corrected chi connectivity index (χ4v) is 4.10. The summed E-state index contributed by atoms with van der Waals surface area (Å²) in [5.41, 5.74) is 2.02. The lowest BCUT2D eigenvalue weighted by molar-refractivity contribution is -0.640. The molecule has 4 rings (SSSR count). The van der Waals surface area contributed by atoms with Gasteiger partial charge in [0.1, 0.15) is 18.6 Å². The molecular formula is C14H12N3OS2+. The highest BCUT2D eigenvalue weighted by Crippen LogP contribution is 2.28. The van der Waals surface area contributed by atoms with Crippen LogP contribution < -0.4 is 15.2 Å². The van der Waals surface area contributed by atoms with Crippen LogP contribution in [0.15, 0.2) is 35.7 Å². The Balaban J connectivity index is 1.69. The van der Waals surface area contributed by atoms with Crippen LogP contribution in [-0.4, -0.2) is 12.5 Å². The normalized spacial score (nSPS) is 13.2. The summed E-state index contributed by atoms with van der Waals surface area (Å²) in [5, 5.41) is 9.43. The molecule has 0 aliphatic carbocycles. The molecule has 3 aromatic rings. The van der Waals surface area contributed by atoms with Gasteiger partial charge in [0.2, 0.25) is 0 Å². The maximum absolute atomic E-state index is 12.1. The Morgan fingerprint density at radius 2 is 2.30 bits per heavy atom. The van der Waals surface area contributed by atoms with Gasteiger partial charge in [-0.3, -0.25) is 10.1 Å². The van der Waals surface area contributed by atoms with Crippen molar-refractivity contribution in [2.24, 2.45) is 0 Å². The summed E-state index contributed by atoms with van der Waals surface area (Å²) in [4.78, 5) is 12.8.